The highest BCUT2D eigenvalue weighted by Crippen LogP contribution is 2.26. The van der Waals surface area contributed by atoms with Crippen LogP contribution in [0.3, 0.4) is 0 Å². The molecule has 98 valence electrons. The summed E-state index contributed by atoms with van der Waals surface area (Å²) in [5, 5.41) is 0. The molecule has 0 aliphatic rings. The molecule has 0 aromatic heterocycles. The molecule has 0 radical (unpaired) electrons. The Bertz CT molecular complexity index is 252. The maximum Gasteiger partial charge on any atom is 0.192 e. The highest BCUT2D eigenvalue weighted by Gasteiger charge is 2.31. The SMILES string of the molecule is C#CC[C@@H](CC(=C)CC)O[Si](CC)(CC)CC. The average molecular weight is 252 g/mol. The fourth-order valence-electron chi connectivity index (χ4n) is 2.11. The molecule has 0 amide bonds. The monoisotopic (exact) mass is 252 g/mol. The van der Waals surface area contributed by atoms with Crippen molar-refractivity contribution in [2.24, 2.45) is 0 Å². The van der Waals surface area contributed by atoms with E-state index in [4.69, 9.17) is 10.8 Å². The first-order chi connectivity index (χ1) is 8.07. The highest BCUT2D eigenvalue weighted by atomic mass is 28.4. The Balaban J connectivity index is 4.61. The Hall–Kier alpha value is -0.523. The lowest BCUT2D eigenvalue weighted by Gasteiger charge is -2.33. The molecule has 0 heterocycles. The Labute approximate surface area is 109 Å². The van der Waals surface area contributed by atoms with Crippen LogP contribution in [0, 0.1) is 12.3 Å². The minimum Gasteiger partial charge on any atom is -0.413 e. The predicted octanol–water partition coefficient (Wildman–Crippen LogP) is 4.76. The number of hydrogen-bond donors (Lipinski definition) is 0. The van der Waals surface area contributed by atoms with E-state index in [1.165, 1.54) is 23.7 Å². The summed E-state index contributed by atoms with van der Waals surface area (Å²) in [6, 6.07) is 3.54. The van der Waals surface area contributed by atoms with Crippen LogP contribution in [-0.4, -0.2) is 14.4 Å². The third-order valence-electron chi connectivity index (χ3n) is 3.71. The summed E-state index contributed by atoms with van der Waals surface area (Å²) in [7, 11) is -1.53. The van der Waals surface area contributed by atoms with Crippen LogP contribution in [-0.2, 0) is 4.43 Å². The first-order valence-corrected chi connectivity index (χ1v) is 9.38. The van der Waals surface area contributed by atoms with Crippen molar-refractivity contribution in [1.82, 2.24) is 0 Å². The van der Waals surface area contributed by atoms with E-state index < -0.39 is 8.32 Å². The van der Waals surface area contributed by atoms with E-state index in [0.717, 1.165) is 12.8 Å². The topological polar surface area (TPSA) is 9.23 Å². The van der Waals surface area contributed by atoms with Gasteiger partial charge in [0.2, 0.25) is 0 Å². The van der Waals surface area contributed by atoms with Crippen LogP contribution in [0.1, 0.15) is 47.0 Å². The van der Waals surface area contributed by atoms with Gasteiger partial charge in [0.25, 0.3) is 0 Å². The van der Waals surface area contributed by atoms with E-state index in [2.05, 4.69) is 40.2 Å². The summed E-state index contributed by atoms with van der Waals surface area (Å²) in [4.78, 5) is 0. The van der Waals surface area contributed by atoms with Crippen LogP contribution in [0.2, 0.25) is 18.1 Å². The Morgan fingerprint density at radius 3 is 2.12 bits per heavy atom. The van der Waals surface area contributed by atoms with Crippen molar-refractivity contribution in [3.05, 3.63) is 12.2 Å². The zero-order chi connectivity index (χ0) is 13.3. The predicted molar refractivity (Wildman–Crippen MR) is 79.6 cm³/mol. The fourth-order valence-corrected chi connectivity index (χ4v) is 4.98. The van der Waals surface area contributed by atoms with E-state index in [0.29, 0.717) is 6.42 Å². The van der Waals surface area contributed by atoms with Gasteiger partial charge in [0, 0.05) is 6.42 Å². The Morgan fingerprint density at radius 1 is 1.24 bits per heavy atom. The minimum absolute atomic E-state index is 0.193. The second kappa shape index (κ2) is 8.55. The van der Waals surface area contributed by atoms with E-state index >= 15 is 0 Å². The second-order valence-corrected chi connectivity index (χ2v) is 9.42. The molecule has 0 aromatic rings. The van der Waals surface area contributed by atoms with Gasteiger partial charge in [-0.25, -0.2) is 0 Å². The van der Waals surface area contributed by atoms with Crippen molar-refractivity contribution in [1.29, 1.82) is 0 Å². The molecule has 0 saturated carbocycles. The molecule has 0 saturated heterocycles. The summed E-state index contributed by atoms with van der Waals surface area (Å²) in [6.45, 7) is 13.0. The molecule has 0 aromatic carbocycles. The fraction of sp³-hybridized carbons (Fsp3) is 0.733. The smallest absolute Gasteiger partial charge is 0.192 e. The van der Waals surface area contributed by atoms with Gasteiger partial charge in [0.1, 0.15) is 0 Å². The molecule has 0 aliphatic heterocycles. The van der Waals surface area contributed by atoms with Crippen molar-refractivity contribution in [2.75, 3.05) is 0 Å². The maximum atomic E-state index is 6.43. The van der Waals surface area contributed by atoms with Crippen molar-refractivity contribution in [2.45, 2.75) is 71.2 Å². The molecule has 0 aliphatic carbocycles. The van der Waals surface area contributed by atoms with Crippen molar-refractivity contribution in [3.8, 4) is 12.3 Å². The number of rotatable bonds is 9. The molecule has 17 heavy (non-hydrogen) atoms. The van der Waals surface area contributed by atoms with E-state index in [-0.39, 0.29) is 6.10 Å². The van der Waals surface area contributed by atoms with E-state index in [1.807, 2.05) is 0 Å². The molecule has 1 atom stereocenters. The van der Waals surface area contributed by atoms with Gasteiger partial charge in [-0.1, -0.05) is 39.8 Å². The Kier molecular flexibility index (Phi) is 8.29. The van der Waals surface area contributed by atoms with Crippen LogP contribution < -0.4 is 0 Å². The van der Waals surface area contributed by atoms with Gasteiger partial charge in [-0.2, -0.15) is 0 Å². The molecule has 2 heteroatoms. The lowest BCUT2D eigenvalue weighted by Crippen LogP contribution is -2.40. The van der Waals surface area contributed by atoms with Crippen molar-refractivity contribution >= 4 is 8.32 Å². The summed E-state index contributed by atoms with van der Waals surface area (Å²) < 4.78 is 6.43. The van der Waals surface area contributed by atoms with Crippen LogP contribution in [0.25, 0.3) is 0 Å². The van der Waals surface area contributed by atoms with Crippen LogP contribution in [0.4, 0.5) is 0 Å². The molecule has 0 N–H and O–H groups in total. The summed E-state index contributed by atoms with van der Waals surface area (Å²) >= 11 is 0. The van der Waals surface area contributed by atoms with Gasteiger partial charge >= 0.3 is 0 Å². The summed E-state index contributed by atoms with van der Waals surface area (Å²) in [5.74, 6) is 2.75. The van der Waals surface area contributed by atoms with Crippen LogP contribution >= 0.6 is 0 Å². The zero-order valence-electron chi connectivity index (χ0n) is 12.0. The standard InChI is InChI=1S/C15H28OSi/c1-7-12-15(13-14(6)8-2)16-17(9-3,10-4)11-5/h1,15H,6,8-13H2,2-5H3/t15-/m0/s1. The second-order valence-electron chi connectivity index (χ2n) is 4.70. The average Bonchev–Trinajstić information content (AvgIpc) is 2.36. The van der Waals surface area contributed by atoms with Crippen molar-refractivity contribution in [3.63, 3.8) is 0 Å². The first kappa shape index (κ1) is 16.5. The van der Waals surface area contributed by atoms with Crippen LogP contribution in [0.15, 0.2) is 12.2 Å². The number of terminal acetylenes is 1. The molecule has 0 spiro atoms. The largest absolute Gasteiger partial charge is 0.413 e. The first-order valence-electron chi connectivity index (χ1n) is 6.85. The normalized spacial score (nSPS) is 13.1. The highest BCUT2D eigenvalue weighted by molar-refractivity contribution is 6.73. The number of hydrogen-bond acceptors (Lipinski definition) is 1. The van der Waals surface area contributed by atoms with Crippen LogP contribution in [0.5, 0.6) is 0 Å². The lowest BCUT2D eigenvalue weighted by molar-refractivity contribution is 0.191. The zero-order valence-corrected chi connectivity index (χ0v) is 13.0. The van der Waals surface area contributed by atoms with Gasteiger partial charge < -0.3 is 4.43 Å². The molecule has 0 unspecified atom stereocenters. The molecular formula is C15H28OSi. The maximum absolute atomic E-state index is 6.43. The Morgan fingerprint density at radius 2 is 1.76 bits per heavy atom. The van der Waals surface area contributed by atoms with Gasteiger partial charge in [-0.3, -0.25) is 0 Å². The van der Waals surface area contributed by atoms with Gasteiger partial charge in [-0.05, 0) is 31.0 Å². The third-order valence-corrected chi connectivity index (χ3v) is 8.41. The molecule has 0 rings (SSSR count). The molecule has 0 fully saturated rings. The summed E-state index contributed by atoms with van der Waals surface area (Å²) in [5.41, 5.74) is 1.25. The molecule has 0 bridgehead atoms. The third kappa shape index (κ3) is 5.56. The van der Waals surface area contributed by atoms with Gasteiger partial charge in [0.15, 0.2) is 8.32 Å². The van der Waals surface area contributed by atoms with Crippen molar-refractivity contribution < 1.29 is 4.43 Å². The quantitative estimate of drug-likeness (QED) is 0.327. The van der Waals surface area contributed by atoms with E-state index in [1.54, 1.807) is 0 Å². The molecule has 1 nitrogen and oxygen atoms in total. The minimum atomic E-state index is -1.53. The van der Waals surface area contributed by atoms with Gasteiger partial charge in [-0.15, -0.1) is 12.3 Å². The lowest BCUT2D eigenvalue weighted by atomic mass is 10.1. The van der Waals surface area contributed by atoms with E-state index in [9.17, 15) is 0 Å². The molecular weight excluding hydrogens is 224 g/mol. The van der Waals surface area contributed by atoms with Gasteiger partial charge in [0.05, 0.1) is 6.10 Å². The summed E-state index contributed by atoms with van der Waals surface area (Å²) in [6.07, 6.45) is 8.30.